The summed E-state index contributed by atoms with van der Waals surface area (Å²) in [6, 6.07) is 7.55. The Bertz CT molecular complexity index is 391. The van der Waals surface area contributed by atoms with Gasteiger partial charge in [0.1, 0.15) is 6.07 Å². The van der Waals surface area contributed by atoms with Crippen LogP contribution in [0.4, 0.5) is 11.4 Å². The van der Waals surface area contributed by atoms with Crippen LogP contribution < -0.4 is 11.1 Å². The van der Waals surface area contributed by atoms with Crippen molar-refractivity contribution in [3.05, 3.63) is 23.8 Å². The molecule has 1 aromatic rings. The van der Waals surface area contributed by atoms with E-state index in [1.807, 2.05) is 6.07 Å². The van der Waals surface area contributed by atoms with E-state index < -0.39 is 0 Å². The third-order valence-corrected chi connectivity index (χ3v) is 2.94. The number of nitrogen functional groups attached to an aromatic ring is 1. The van der Waals surface area contributed by atoms with Gasteiger partial charge in [-0.1, -0.05) is 20.8 Å². The molecule has 0 spiro atoms. The van der Waals surface area contributed by atoms with Crippen LogP contribution >= 0.6 is 0 Å². The molecule has 3 nitrogen and oxygen atoms in total. The van der Waals surface area contributed by atoms with Crippen molar-refractivity contribution >= 4 is 11.4 Å². The van der Waals surface area contributed by atoms with Crippen molar-refractivity contribution in [1.82, 2.24) is 0 Å². The summed E-state index contributed by atoms with van der Waals surface area (Å²) in [4.78, 5) is 0. The van der Waals surface area contributed by atoms with Crippen LogP contribution in [0.5, 0.6) is 0 Å². The van der Waals surface area contributed by atoms with E-state index in [4.69, 9.17) is 11.0 Å². The molecule has 3 heteroatoms. The topological polar surface area (TPSA) is 61.8 Å². The van der Waals surface area contributed by atoms with Crippen molar-refractivity contribution in [3.8, 4) is 6.07 Å². The molecule has 0 aliphatic carbocycles. The maximum Gasteiger partial charge on any atom is 0.101 e. The minimum atomic E-state index is 0.530. The highest BCUT2D eigenvalue weighted by Gasteiger charge is 2.07. The summed E-state index contributed by atoms with van der Waals surface area (Å²) < 4.78 is 0. The van der Waals surface area contributed by atoms with E-state index in [-0.39, 0.29) is 0 Å². The predicted molar refractivity (Wildman–Crippen MR) is 68.1 cm³/mol. The van der Waals surface area contributed by atoms with Gasteiger partial charge in [0, 0.05) is 17.9 Å². The molecule has 16 heavy (non-hydrogen) atoms. The Morgan fingerprint density at radius 3 is 2.62 bits per heavy atom. The molecule has 0 fully saturated rings. The maximum absolute atomic E-state index is 8.85. The molecule has 0 bridgehead atoms. The van der Waals surface area contributed by atoms with Crippen molar-refractivity contribution in [3.63, 3.8) is 0 Å². The van der Waals surface area contributed by atoms with Crippen molar-refractivity contribution in [2.45, 2.75) is 20.8 Å². The quantitative estimate of drug-likeness (QED) is 0.762. The van der Waals surface area contributed by atoms with Gasteiger partial charge in [-0.3, -0.25) is 0 Å². The lowest BCUT2D eigenvalue weighted by molar-refractivity contribution is 0.440. The average Bonchev–Trinajstić information content (AvgIpc) is 2.27. The fourth-order valence-electron chi connectivity index (χ4n) is 1.28. The average molecular weight is 217 g/mol. The molecule has 0 amide bonds. The van der Waals surface area contributed by atoms with Gasteiger partial charge in [-0.2, -0.15) is 5.26 Å². The fraction of sp³-hybridized carbons (Fsp3) is 0.462. The maximum atomic E-state index is 8.85. The number of nitrogens with one attached hydrogen (secondary N) is 1. The molecule has 1 rings (SSSR count). The van der Waals surface area contributed by atoms with Crippen LogP contribution in [0.15, 0.2) is 18.2 Å². The van der Waals surface area contributed by atoms with Crippen molar-refractivity contribution in [2.75, 3.05) is 17.6 Å². The molecule has 0 aromatic heterocycles. The highest BCUT2D eigenvalue weighted by Crippen LogP contribution is 2.18. The Balaban J connectivity index is 2.65. The molecule has 0 heterocycles. The number of nitriles is 1. The summed E-state index contributed by atoms with van der Waals surface area (Å²) in [6.45, 7) is 7.53. The molecule has 1 unspecified atom stereocenters. The Labute approximate surface area is 97.3 Å². The lowest BCUT2D eigenvalue weighted by Gasteiger charge is -2.17. The van der Waals surface area contributed by atoms with Crippen LogP contribution in [0.25, 0.3) is 0 Å². The minimum Gasteiger partial charge on any atom is -0.398 e. The number of benzene rings is 1. The second-order valence-corrected chi connectivity index (χ2v) is 4.52. The van der Waals surface area contributed by atoms with Gasteiger partial charge in [-0.25, -0.2) is 0 Å². The Morgan fingerprint density at radius 2 is 2.06 bits per heavy atom. The smallest absolute Gasteiger partial charge is 0.101 e. The monoisotopic (exact) mass is 217 g/mol. The van der Waals surface area contributed by atoms with Crippen molar-refractivity contribution < 1.29 is 0 Å². The number of nitrogens with two attached hydrogens (primary N) is 1. The standard InChI is InChI=1S/C13H19N3/c1-9(2)10(3)8-16-12-4-5-13(15)11(6-12)7-14/h4-6,9-10,16H,8,15H2,1-3H3. The van der Waals surface area contributed by atoms with Gasteiger partial charge in [-0.15, -0.1) is 0 Å². The molecule has 0 aliphatic rings. The largest absolute Gasteiger partial charge is 0.398 e. The first-order valence-electron chi connectivity index (χ1n) is 5.58. The summed E-state index contributed by atoms with van der Waals surface area (Å²) >= 11 is 0. The van der Waals surface area contributed by atoms with Crippen LogP contribution in [0.2, 0.25) is 0 Å². The highest BCUT2D eigenvalue weighted by atomic mass is 14.9. The van der Waals surface area contributed by atoms with Gasteiger partial charge in [0.2, 0.25) is 0 Å². The summed E-state index contributed by atoms with van der Waals surface area (Å²) in [5, 5.41) is 12.2. The number of anilines is 2. The minimum absolute atomic E-state index is 0.530. The first kappa shape index (κ1) is 12.4. The highest BCUT2D eigenvalue weighted by molar-refractivity contribution is 5.61. The van der Waals surface area contributed by atoms with Crippen LogP contribution in [0, 0.1) is 23.2 Å². The van der Waals surface area contributed by atoms with Gasteiger partial charge in [0.25, 0.3) is 0 Å². The first-order chi connectivity index (χ1) is 7.54. The third kappa shape index (κ3) is 3.16. The van der Waals surface area contributed by atoms with Crippen LogP contribution in [0.1, 0.15) is 26.3 Å². The van der Waals surface area contributed by atoms with E-state index in [1.165, 1.54) is 0 Å². The molecule has 0 saturated heterocycles. The molecular weight excluding hydrogens is 198 g/mol. The number of rotatable bonds is 4. The van der Waals surface area contributed by atoms with E-state index in [2.05, 4.69) is 32.2 Å². The molecular formula is C13H19N3. The van der Waals surface area contributed by atoms with Gasteiger partial charge < -0.3 is 11.1 Å². The zero-order chi connectivity index (χ0) is 12.1. The molecule has 1 atom stereocenters. The first-order valence-corrected chi connectivity index (χ1v) is 5.58. The third-order valence-electron chi connectivity index (χ3n) is 2.94. The van der Waals surface area contributed by atoms with Gasteiger partial charge in [0.05, 0.1) is 5.56 Å². The Kier molecular flexibility index (Phi) is 4.19. The Morgan fingerprint density at radius 1 is 1.38 bits per heavy atom. The summed E-state index contributed by atoms with van der Waals surface area (Å²) in [6.07, 6.45) is 0. The fourth-order valence-corrected chi connectivity index (χ4v) is 1.28. The van der Waals surface area contributed by atoms with Gasteiger partial charge in [0.15, 0.2) is 0 Å². The van der Waals surface area contributed by atoms with E-state index in [0.29, 0.717) is 23.1 Å². The molecule has 0 radical (unpaired) electrons. The summed E-state index contributed by atoms with van der Waals surface area (Å²) in [7, 11) is 0. The molecule has 1 aromatic carbocycles. The number of nitrogens with zero attached hydrogens (tertiary/aromatic N) is 1. The predicted octanol–water partition coefficient (Wildman–Crippen LogP) is 2.84. The second-order valence-electron chi connectivity index (χ2n) is 4.52. The van der Waals surface area contributed by atoms with E-state index in [1.54, 1.807) is 12.1 Å². The zero-order valence-corrected chi connectivity index (χ0v) is 10.1. The normalized spacial score (nSPS) is 12.2. The van der Waals surface area contributed by atoms with E-state index >= 15 is 0 Å². The molecule has 0 aliphatic heterocycles. The molecule has 0 saturated carbocycles. The van der Waals surface area contributed by atoms with Crippen LogP contribution in [-0.2, 0) is 0 Å². The van der Waals surface area contributed by atoms with Gasteiger partial charge in [-0.05, 0) is 30.0 Å². The van der Waals surface area contributed by atoms with E-state index in [0.717, 1.165) is 12.2 Å². The van der Waals surface area contributed by atoms with Crippen molar-refractivity contribution in [2.24, 2.45) is 11.8 Å². The zero-order valence-electron chi connectivity index (χ0n) is 10.1. The van der Waals surface area contributed by atoms with Gasteiger partial charge >= 0.3 is 0 Å². The number of hydrogen-bond donors (Lipinski definition) is 2. The lowest BCUT2D eigenvalue weighted by atomic mass is 9.98. The Hall–Kier alpha value is -1.69. The van der Waals surface area contributed by atoms with Crippen LogP contribution in [0.3, 0.4) is 0 Å². The van der Waals surface area contributed by atoms with Crippen LogP contribution in [-0.4, -0.2) is 6.54 Å². The molecule has 3 N–H and O–H groups in total. The number of hydrogen-bond acceptors (Lipinski definition) is 3. The lowest BCUT2D eigenvalue weighted by Crippen LogP contribution is -2.16. The molecule has 86 valence electrons. The SMILES string of the molecule is CC(C)C(C)CNc1ccc(N)c(C#N)c1. The summed E-state index contributed by atoms with van der Waals surface area (Å²) in [5.41, 5.74) is 7.67. The second kappa shape index (κ2) is 5.41. The van der Waals surface area contributed by atoms with E-state index in [9.17, 15) is 0 Å². The van der Waals surface area contributed by atoms with Crippen molar-refractivity contribution in [1.29, 1.82) is 5.26 Å². The summed E-state index contributed by atoms with van der Waals surface area (Å²) in [5.74, 6) is 1.25.